The molecule has 21 heavy (non-hydrogen) atoms. The highest BCUT2D eigenvalue weighted by Gasteiger charge is 2.28. The summed E-state index contributed by atoms with van der Waals surface area (Å²) < 4.78 is 0. The molecule has 0 radical (unpaired) electrons. The largest absolute Gasteiger partial charge is 0.368 e. The van der Waals surface area contributed by atoms with Crippen molar-refractivity contribution in [2.24, 2.45) is 5.73 Å². The van der Waals surface area contributed by atoms with Gasteiger partial charge in [0.25, 0.3) is 11.5 Å². The third kappa shape index (κ3) is 3.69. The van der Waals surface area contributed by atoms with E-state index in [0.29, 0.717) is 5.69 Å². The average molecular weight is 292 g/mol. The Labute approximate surface area is 122 Å². The number of carbonyl (C=O) groups is 2. The molecule has 0 bridgehead atoms. The van der Waals surface area contributed by atoms with Gasteiger partial charge in [-0.05, 0) is 45.0 Å². The van der Waals surface area contributed by atoms with Gasteiger partial charge in [-0.15, -0.1) is 0 Å². The lowest BCUT2D eigenvalue weighted by Gasteiger charge is -2.33. The van der Waals surface area contributed by atoms with E-state index in [0.717, 1.165) is 25.9 Å². The number of piperidine rings is 1. The van der Waals surface area contributed by atoms with Gasteiger partial charge in [0.05, 0.1) is 6.54 Å². The fourth-order valence-corrected chi connectivity index (χ4v) is 2.55. The quantitative estimate of drug-likeness (QED) is 0.686. The van der Waals surface area contributed by atoms with Crippen LogP contribution in [-0.4, -0.2) is 47.4 Å². The molecule has 114 valence electrons. The van der Waals surface area contributed by atoms with E-state index in [4.69, 9.17) is 5.73 Å². The Balaban J connectivity index is 2.28. The Hall–Kier alpha value is -2.15. The van der Waals surface area contributed by atoms with Gasteiger partial charge in [0.1, 0.15) is 5.56 Å². The van der Waals surface area contributed by atoms with Crippen molar-refractivity contribution < 1.29 is 9.59 Å². The molecule has 7 heteroatoms. The first-order valence-corrected chi connectivity index (χ1v) is 6.99. The molecule has 1 fully saturated rings. The second-order valence-electron chi connectivity index (χ2n) is 5.26. The zero-order valence-electron chi connectivity index (χ0n) is 12.0. The number of carbonyl (C=O) groups excluding carboxylic acids is 2. The van der Waals surface area contributed by atoms with E-state index >= 15 is 0 Å². The third-order valence-corrected chi connectivity index (χ3v) is 3.62. The molecule has 1 aliphatic rings. The first-order chi connectivity index (χ1) is 9.99. The molecule has 1 aliphatic heterocycles. The highest BCUT2D eigenvalue weighted by Crippen LogP contribution is 2.14. The number of aromatic nitrogens is 1. The van der Waals surface area contributed by atoms with E-state index in [1.54, 1.807) is 13.0 Å². The lowest BCUT2D eigenvalue weighted by atomic mass is 10.0. The SMILES string of the molecule is Cc1ccc(C(=O)N(CC(N)=O)C2CCNCC2)c(=O)[nH]1. The zero-order chi connectivity index (χ0) is 15.4. The molecule has 4 N–H and O–H groups in total. The van der Waals surface area contributed by atoms with Crippen LogP contribution in [0.25, 0.3) is 0 Å². The standard InChI is InChI=1S/C14H20N4O3/c1-9-2-3-11(13(20)17-9)14(21)18(8-12(15)19)10-4-6-16-7-5-10/h2-3,10,16H,4-8H2,1H3,(H2,15,19)(H,17,20). The highest BCUT2D eigenvalue weighted by atomic mass is 16.2. The molecular formula is C14H20N4O3. The van der Waals surface area contributed by atoms with Crippen molar-refractivity contribution in [2.45, 2.75) is 25.8 Å². The molecule has 0 atom stereocenters. The van der Waals surface area contributed by atoms with Crippen molar-refractivity contribution in [1.82, 2.24) is 15.2 Å². The minimum atomic E-state index is -0.578. The molecule has 1 saturated heterocycles. The number of aryl methyl sites for hydroxylation is 1. The second-order valence-corrected chi connectivity index (χ2v) is 5.26. The molecule has 1 aromatic heterocycles. The van der Waals surface area contributed by atoms with Crippen molar-refractivity contribution in [3.8, 4) is 0 Å². The third-order valence-electron chi connectivity index (χ3n) is 3.62. The summed E-state index contributed by atoms with van der Waals surface area (Å²) in [6.45, 7) is 3.12. The molecule has 0 aromatic carbocycles. The van der Waals surface area contributed by atoms with Crippen LogP contribution in [0.1, 0.15) is 28.9 Å². The molecule has 1 aromatic rings. The number of aromatic amines is 1. The predicted octanol–water partition coefficient (Wildman–Crippen LogP) is -0.637. The van der Waals surface area contributed by atoms with E-state index < -0.39 is 17.4 Å². The number of hydrogen-bond acceptors (Lipinski definition) is 4. The summed E-state index contributed by atoms with van der Waals surface area (Å²) in [4.78, 5) is 39.8. The fourth-order valence-electron chi connectivity index (χ4n) is 2.55. The number of amides is 2. The van der Waals surface area contributed by atoms with Gasteiger partial charge in [-0.25, -0.2) is 0 Å². The normalized spacial score (nSPS) is 15.7. The lowest BCUT2D eigenvalue weighted by Crippen LogP contribution is -2.50. The van der Waals surface area contributed by atoms with Gasteiger partial charge in [-0.2, -0.15) is 0 Å². The predicted molar refractivity (Wildman–Crippen MR) is 77.9 cm³/mol. The molecule has 0 aliphatic carbocycles. The summed E-state index contributed by atoms with van der Waals surface area (Å²) in [5, 5.41) is 3.20. The minimum absolute atomic E-state index is 0.0420. The van der Waals surface area contributed by atoms with E-state index in [2.05, 4.69) is 10.3 Å². The first kappa shape index (κ1) is 15.2. The number of nitrogens with one attached hydrogen (secondary N) is 2. The monoisotopic (exact) mass is 292 g/mol. The second kappa shape index (κ2) is 6.53. The van der Waals surface area contributed by atoms with Crippen molar-refractivity contribution in [3.63, 3.8) is 0 Å². The summed E-state index contributed by atoms with van der Waals surface area (Å²) in [5.41, 5.74) is 5.52. The van der Waals surface area contributed by atoms with Crippen LogP contribution in [0.15, 0.2) is 16.9 Å². The van der Waals surface area contributed by atoms with Crippen LogP contribution in [0.2, 0.25) is 0 Å². The highest BCUT2D eigenvalue weighted by molar-refractivity contribution is 5.96. The number of nitrogens with two attached hydrogens (primary N) is 1. The molecule has 0 saturated carbocycles. The van der Waals surface area contributed by atoms with Crippen LogP contribution in [0, 0.1) is 6.92 Å². The smallest absolute Gasteiger partial charge is 0.260 e. The van der Waals surface area contributed by atoms with E-state index in [-0.39, 0.29) is 18.2 Å². The summed E-state index contributed by atoms with van der Waals surface area (Å²) in [5.74, 6) is -1.02. The Kier molecular flexibility index (Phi) is 4.74. The number of rotatable bonds is 4. The molecule has 2 rings (SSSR count). The van der Waals surface area contributed by atoms with Gasteiger partial charge in [0.15, 0.2) is 0 Å². The van der Waals surface area contributed by atoms with Crippen LogP contribution in [0.4, 0.5) is 0 Å². The average Bonchev–Trinajstić information content (AvgIpc) is 2.45. The Morgan fingerprint density at radius 1 is 1.33 bits per heavy atom. The van der Waals surface area contributed by atoms with Crippen LogP contribution < -0.4 is 16.6 Å². The van der Waals surface area contributed by atoms with Gasteiger partial charge in [-0.3, -0.25) is 14.4 Å². The van der Waals surface area contributed by atoms with Gasteiger partial charge < -0.3 is 20.9 Å². The van der Waals surface area contributed by atoms with Crippen LogP contribution in [-0.2, 0) is 4.79 Å². The van der Waals surface area contributed by atoms with Crippen molar-refractivity contribution in [2.75, 3.05) is 19.6 Å². The number of pyridine rings is 1. The first-order valence-electron chi connectivity index (χ1n) is 6.99. The van der Waals surface area contributed by atoms with E-state index in [1.807, 2.05) is 0 Å². The zero-order valence-corrected chi connectivity index (χ0v) is 12.0. The molecular weight excluding hydrogens is 272 g/mol. The molecule has 7 nitrogen and oxygen atoms in total. The van der Waals surface area contributed by atoms with E-state index in [1.165, 1.54) is 11.0 Å². The minimum Gasteiger partial charge on any atom is -0.368 e. The van der Waals surface area contributed by atoms with Gasteiger partial charge in [0, 0.05) is 11.7 Å². The Morgan fingerprint density at radius 3 is 2.57 bits per heavy atom. The number of primary amides is 1. The van der Waals surface area contributed by atoms with Gasteiger partial charge >= 0.3 is 0 Å². The molecule has 0 spiro atoms. The number of hydrogen-bond donors (Lipinski definition) is 3. The fraction of sp³-hybridized carbons (Fsp3) is 0.500. The lowest BCUT2D eigenvalue weighted by molar-refractivity contribution is -0.119. The number of H-pyrrole nitrogens is 1. The van der Waals surface area contributed by atoms with Crippen molar-refractivity contribution in [1.29, 1.82) is 0 Å². The summed E-state index contributed by atoms with van der Waals surface area (Å²) in [6.07, 6.45) is 1.48. The maximum Gasteiger partial charge on any atom is 0.260 e. The maximum absolute atomic E-state index is 12.6. The van der Waals surface area contributed by atoms with Crippen LogP contribution in [0.5, 0.6) is 0 Å². The van der Waals surface area contributed by atoms with Gasteiger partial charge in [-0.1, -0.05) is 0 Å². The van der Waals surface area contributed by atoms with E-state index in [9.17, 15) is 14.4 Å². The van der Waals surface area contributed by atoms with Gasteiger partial charge in [0.2, 0.25) is 5.91 Å². The summed E-state index contributed by atoms with van der Waals surface area (Å²) in [7, 11) is 0. The Morgan fingerprint density at radius 2 is 2.00 bits per heavy atom. The van der Waals surface area contributed by atoms with Crippen molar-refractivity contribution in [3.05, 3.63) is 33.7 Å². The van der Waals surface area contributed by atoms with Crippen LogP contribution in [0.3, 0.4) is 0 Å². The number of nitrogens with zero attached hydrogens (tertiary/aromatic N) is 1. The topological polar surface area (TPSA) is 108 Å². The molecule has 2 amide bonds. The summed E-state index contributed by atoms with van der Waals surface area (Å²) >= 11 is 0. The van der Waals surface area contributed by atoms with Crippen LogP contribution >= 0.6 is 0 Å². The molecule has 2 heterocycles. The summed E-state index contributed by atoms with van der Waals surface area (Å²) in [6, 6.07) is 3.08. The molecule has 0 unspecified atom stereocenters. The maximum atomic E-state index is 12.6. The Bertz CT molecular complexity index is 590. The van der Waals surface area contributed by atoms with Crippen molar-refractivity contribution >= 4 is 11.8 Å².